The second kappa shape index (κ2) is 5.64. The Morgan fingerprint density at radius 1 is 1.59 bits per heavy atom. The molecule has 0 amide bonds. The number of likely N-dealkylation sites (tertiary alicyclic amines) is 1. The van der Waals surface area contributed by atoms with Crippen molar-refractivity contribution in [1.82, 2.24) is 14.9 Å². The van der Waals surface area contributed by atoms with E-state index in [-0.39, 0.29) is 0 Å². The fourth-order valence-corrected chi connectivity index (χ4v) is 2.38. The SMILES string of the molecule is COc1nc(NC2CCCN(C)C2)ncc1Br. The van der Waals surface area contributed by atoms with Crippen LogP contribution in [0.3, 0.4) is 0 Å². The van der Waals surface area contributed by atoms with Gasteiger partial charge in [-0.05, 0) is 42.4 Å². The normalized spacial score (nSPS) is 21.2. The van der Waals surface area contributed by atoms with E-state index in [9.17, 15) is 0 Å². The lowest BCUT2D eigenvalue weighted by molar-refractivity contribution is 0.260. The number of anilines is 1. The van der Waals surface area contributed by atoms with Crippen LogP contribution in [0.1, 0.15) is 12.8 Å². The Hall–Kier alpha value is -0.880. The minimum atomic E-state index is 0.416. The van der Waals surface area contributed by atoms with Gasteiger partial charge in [0.2, 0.25) is 11.8 Å². The number of nitrogens with one attached hydrogen (secondary N) is 1. The summed E-state index contributed by atoms with van der Waals surface area (Å²) in [7, 11) is 3.74. The van der Waals surface area contributed by atoms with Crippen LogP contribution in [-0.4, -0.2) is 48.2 Å². The van der Waals surface area contributed by atoms with Crippen molar-refractivity contribution in [3.05, 3.63) is 10.7 Å². The third-order valence-electron chi connectivity index (χ3n) is 2.86. The fourth-order valence-electron chi connectivity index (χ4n) is 2.03. The Bertz CT molecular complexity index is 388. The highest BCUT2D eigenvalue weighted by Crippen LogP contribution is 2.22. The van der Waals surface area contributed by atoms with Gasteiger partial charge < -0.3 is 15.0 Å². The quantitative estimate of drug-likeness (QED) is 0.922. The molecule has 1 aromatic rings. The Labute approximate surface area is 110 Å². The first-order valence-corrected chi connectivity index (χ1v) is 6.50. The smallest absolute Gasteiger partial charge is 0.232 e. The monoisotopic (exact) mass is 300 g/mol. The second-order valence-corrected chi connectivity index (χ2v) is 5.15. The molecule has 1 N–H and O–H groups in total. The van der Waals surface area contributed by atoms with E-state index in [4.69, 9.17) is 4.74 Å². The number of hydrogen-bond acceptors (Lipinski definition) is 5. The van der Waals surface area contributed by atoms with E-state index in [1.165, 1.54) is 13.0 Å². The largest absolute Gasteiger partial charge is 0.480 e. The van der Waals surface area contributed by atoms with Crippen molar-refractivity contribution in [3.8, 4) is 5.88 Å². The molecule has 1 saturated heterocycles. The lowest BCUT2D eigenvalue weighted by Gasteiger charge is -2.30. The van der Waals surface area contributed by atoms with E-state index in [0.717, 1.165) is 17.4 Å². The highest BCUT2D eigenvalue weighted by Gasteiger charge is 2.18. The van der Waals surface area contributed by atoms with Crippen LogP contribution >= 0.6 is 15.9 Å². The van der Waals surface area contributed by atoms with Crippen molar-refractivity contribution in [1.29, 1.82) is 0 Å². The molecule has 5 nitrogen and oxygen atoms in total. The highest BCUT2D eigenvalue weighted by atomic mass is 79.9. The third-order valence-corrected chi connectivity index (χ3v) is 3.41. The summed E-state index contributed by atoms with van der Waals surface area (Å²) in [5.41, 5.74) is 0. The minimum absolute atomic E-state index is 0.416. The number of methoxy groups -OCH3 is 1. The van der Waals surface area contributed by atoms with Gasteiger partial charge in [-0.25, -0.2) is 4.98 Å². The third kappa shape index (κ3) is 3.29. The Morgan fingerprint density at radius 3 is 3.12 bits per heavy atom. The van der Waals surface area contributed by atoms with E-state index in [1.54, 1.807) is 13.3 Å². The zero-order chi connectivity index (χ0) is 12.3. The van der Waals surface area contributed by atoms with Gasteiger partial charge in [-0.1, -0.05) is 0 Å². The van der Waals surface area contributed by atoms with E-state index in [0.29, 0.717) is 17.9 Å². The highest BCUT2D eigenvalue weighted by molar-refractivity contribution is 9.10. The molecule has 17 heavy (non-hydrogen) atoms. The van der Waals surface area contributed by atoms with Gasteiger partial charge in [0, 0.05) is 12.6 Å². The predicted octanol–water partition coefficient (Wildman–Crippen LogP) is 1.75. The maximum atomic E-state index is 5.15. The number of hydrogen-bond donors (Lipinski definition) is 1. The maximum absolute atomic E-state index is 5.15. The molecule has 1 unspecified atom stereocenters. The molecular formula is C11H17BrN4O. The van der Waals surface area contributed by atoms with E-state index < -0.39 is 0 Å². The number of likely N-dealkylation sites (N-methyl/N-ethyl adjacent to an activating group) is 1. The van der Waals surface area contributed by atoms with Crippen molar-refractivity contribution in [2.75, 3.05) is 32.6 Å². The zero-order valence-electron chi connectivity index (χ0n) is 10.1. The van der Waals surface area contributed by atoms with E-state index >= 15 is 0 Å². The molecular weight excluding hydrogens is 284 g/mol. The van der Waals surface area contributed by atoms with Crippen LogP contribution in [0.15, 0.2) is 10.7 Å². The van der Waals surface area contributed by atoms with Crippen LogP contribution in [0, 0.1) is 0 Å². The molecule has 2 rings (SSSR count). The van der Waals surface area contributed by atoms with Crippen LogP contribution < -0.4 is 10.1 Å². The summed E-state index contributed by atoms with van der Waals surface area (Å²) in [6, 6.07) is 0.416. The lowest BCUT2D eigenvalue weighted by Crippen LogP contribution is -2.40. The van der Waals surface area contributed by atoms with Crippen LogP contribution in [0.4, 0.5) is 5.95 Å². The number of piperidine rings is 1. The number of halogens is 1. The summed E-state index contributed by atoms with van der Waals surface area (Å²) in [6.07, 6.45) is 4.08. The van der Waals surface area contributed by atoms with Gasteiger partial charge in [-0.2, -0.15) is 4.98 Å². The first kappa shape index (κ1) is 12.6. The van der Waals surface area contributed by atoms with Crippen LogP contribution in [-0.2, 0) is 0 Å². The Balaban J connectivity index is 2.02. The van der Waals surface area contributed by atoms with Gasteiger partial charge in [0.05, 0.1) is 17.8 Å². The Kier molecular flexibility index (Phi) is 4.17. The standard InChI is InChI=1S/C11H17BrN4O/c1-16-5-3-4-8(7-16)14-11-13-6-9(12)10(15-11)17-2/h6,8H,3-5,7H2,1-2H3,(H,13,14,15). The number of nitrogens with zero attached hydrogens (tertiary/aromatic N) is 3. The molecule has 2 heterocycles. The molecule has 0 aliphatic carbocycles. The van der Waals surface area contributed by atoms with Gasteiger partial charge >= 0.3 is 0 Å². The summed E-state index contributed by atoms with van der Waals surface area (Å²) in [5.74, 6) is 1.19. The van der Waals surface area contributed by atoms with Crippen LogP contribution in [0.5, 0.6) is 5.88 Å². The molecule has 0 spiro atoms. The summed E-state index contributed by atoms with van der Waals surface area (Å²) >= 11 is 3.34. The van der Waals surface area contributed by atoms with E-state index in [2.05, 4.69) is 43.2 Å². The first-order valence-electron chi connectivity index (χ1n) is 5.70. The fraction of sp³-hybridized carbons (Fsp3) is 0.636. The molecule has 0 bridgehead atoms. The van der Waals surface area contributed by atoms with Gasteiger partial charge in [0.25, 0.3) is 0 Å². The first-order chi connectivity index (χ1) is 8.19. The molecule has 1 aliphatic rings. The molecule has 0 saturated carbocycles. The molecule has 0 aromatic carbocycles. The van der Waals surface area contributed by atoms with E-state index in [1.807, 2.05) is 0 Å². The Morgan fingerprint density at radius 2 is 2.41 bits per heavy atom. The van der Waals surface area contributed by atoms with Crippen LogP contribution in [0.2, 0.25) is 0 Å². The van der Waals surface area contributed by atoms with Crippen LogP contribution in [0.25, 0.3) is 0 Å². The summed E-state index contributed by atoms with van der Waals surface area (Å²) in [6.45, 7) is 2.20. The molecule has 1 aliphatic heterocycles. The molecule has 0 radical (unpaired) electrons. The minimum Gasteiger partial charge on any atom is -0.480 e. The van der Waals surface area contributed by atoms with Gasteiger partial charge in [0.1, 0.15) is 0 Å². The molecule has 1 atom stereocenters. The predicted molar refractivity (Wildman–Crippen MR) is 70.4 cm³/mol. The molecule has 6 heteroatoms. The van der Waals surface area contributed by atoms with Crippen molar-refractivity contribution < 1.29 is 4.74 Å². The lowest BCUT2D eigenvalue weighted by atomic mass is 10.1. The van der Waals surface area contributed by atoms with Crippen molar-refractivity contribution in [3.63, 3.8) is 0 Å². The molecule has 1 fully saturated rings. The average Bonchev–Trinajstić information content (AvgIpc) is 2.32. The van der Waals surface area contributed by atoms with Gasteiger partial charge in [0.15, 0.2) is 0 Å². The average molecular weight is 301 g/mol. The second-order valence-electron chi connectivity index (χ2n) is 4.30. The molecule has 94 valence electrons. The summed E-state index contributed by atoms with van der Waals surface area (Å²) in [4.78, 5) is 10.9. The summed E-state index contributed by atoms with van der Waals surface area (Å²) in [5, 5.41) is 3.35. The van der Waals surface area contributed by atoms with Crippen molar-refractivity contribution in [2.24, 2.45) is 0 Å². The molecule has 1 aromatic heterocycles. The number of aromatic nitrogens is 2. The van der Waals surface area contributed by atoms with Gasteiger partial charge in [-0.3, -0.25) is 0 Å². The number of rotatable bonds is 3. The summed E-state index contributed by atoms with van der Waals surface area (Å²) < 4.78 is 5.92. The van der Waals surface area contributed by atoms with Crippen molar-refractivity contribution >= 4 is 21.9 Å². The maximum Gasteiger partial charge on any atom is 0.232 e. The number of ether oxygens (including phenoxy) is 1. The van der Waals surface area contributed by atoms with Gasteiger partial charge in [-0.15, -0.1) is 0 Å². The topological polar surface area (TPSA) is 50.3 Å². The van der Waals surface area contributed by atoms with Crippen molar-refractivity contribution in [2.45, 2.75) is 18.9 Å². The zero-order valence-corrected chi connectivity index (χ0v) is 11.7.